The fraction of sp³-hybridized carbons (Fsp3) is 0.375. The Bertz CT molecular complexity index is 573. The summed E-state index contributed by atoms with van der Waals surface area (Å²) in [4.78, 5) is 18.6. The largest absolute Gasteiger partial charge is 0.324 e. The molecule has 4 nitrogen and oxygen atoms in total. The Kier molecular flexibility index (Phi) is 5.07. The first-order chi connectivity index (χ1) is 9.74. The number of rotatable bonds is 6. The molecular weight excluding hydrogens is 250 g/mol. The molecule has 1 heterocycles. The number of fused-ring (bicyclic) bond motifs is 1. The molecular formula is C16H21N3O. The topological polar surface area (TPSA) is 45.2 Å². The Morgan fingerprint density at radius 3 is 2.70 bits per heavy atom. The number of amides is 1. The molecule has 0 unspecified atom stereocenters. The van der Waals surface area contributed by atoms with E-state index in [2.05, 4.69) is 29.0 Å². The Labute approximate surface area is 119 Å². The van der Waals surface area contributed by atoms with Gasteiger partial charge in [-0.3, -0.25) is 9.78 Å². The van der Waals surface area contributed by atoms with Crippen LogP contribution in [-0.2, 0) is 4.79 Å². The second-order valence-corrected chi connectivity index (χ2v) is 4.71. The number of hydrogen-bond donors (Lipinski definition) is 1. The summed E-state index contributed by atoms with van der Waals surface area (Å²) >= 11 is 0. The summed E-state index contributed by atoms with van der Waals surface area (Å²) in [5, 5.41) is 4.00. The lowest BCUT2D eigenvalue weighted by Crippen LogP contribution is -2.27. The van der Waals surface area contributed by atoms with Gasteiger partial charge in [0.25, 0.3) is 0 Å². The summed E-state index contributed by atoms with van der Waals surface area (Å²) in [6.07, 6.45) is 2.25. The standard InChI is InChI=1S/C16H21N3O/c1-3-19(4-2)12-10-15(20)18-14-9-5-7-13-8-6-11-17-16(13)14/h5-9,11H,3-4,10,12H2,1-2H3,(H,18,20). The average Bonchev–Trinajstić information content (AvgIpc) is 2.49. The first-order valence-electron chi connectivity index (χ1n) is 7.10. The van der Waals surface area contributed by atoms with Gasteiger partial charge in [0.1, 0.15) is 0 Å². The van der Waals surface area contributed by atoms with Crippen molar-refractivity contribution < 1.29 is 4.79 Å². The molecule has 0 bridgehead atoms. The predicted octanol–water partition coefficient (Wildman–Crippen LogP) is 2.91. The van der Waals surface area contributed by atoms with Crippen LogP contribution in [0.5, 0.6) is 0 Å². The third-order valence-corrected chi connectivity index (χ3v) is 3.46. The molecule has 0 aliphatic carbocycles. The number of pyridine rings is 1. The molecule has 106 valence electrons. The van der Waals surface area contributed by atoms with E-state index < -0.39 is 0 Å². The monoisotopic (exact) mass is 271 g/mol. The summed E-state index contributed by atoms with van der Waals surface area (Å²) in [5.74, 6) is 0.0371. The van der Waals surface area contributed by atoms with E-state index in [1.54, 1.807) is 6.20 Å². The van der Waals surface area contributed by atoms with E-state index in [0.717, 1.165) is 36.2 Å². The molecule has 0 saturated carbocycles. The zero-order chi connectivity index (χ0) is 14.4. The predicted molar refractivity (Wildman–Crippen MR) is 82.8 cm³/mol. The first kappa shape index (κ1) is 14.5. The van der Waals surface area contributed by atoms with Crippen LogP contribution in [0, 0.1) is 0 Å². The van der Waals surface area contributed by atoms with Gasteiger partial charge in [-0.1, -0.05) is 32.0 Å². The molecule has 4 heteroatoms. The summed E-state index contributed by atoms with van der Waals surface area (Å²) < 4.78 is 0. The van der Waals surface area contributed by atoms with Gasteiger partial charge in [-0.15, -0.1) is 0 Å². The highest BCUT2D eigenvalue weighted by Crippen LogP contribution is 2.20. The maximum atomic E-state index is 12.0. The van der Waals surface area contributed by atoms with Crippen molar-refractivity contribution >= 4 is 22.5 Å². The zero-order valence-corrected chi connectivity index (χ0v) is 12.1. The SMILES string of the molecule is CCN(CC)CCC(=O)Nc1cccc2cccnc12. The zero-order valence-electron chi connectivity index (χ0n) is 12.1. The van der Waals surface area contributed by atoms with E-state index in [0.29, 0.717) is 6.42 Å². The van der Waals surface area contributed by atoms with Crippen LogP contribution in [0.1, 0.15) is 20.3 Å². The minimum Gasteiger partial charge on any atom is -0.324 e. The molecule has 0 radical (unpaired) electrons. The van der Waals surface area contributed by atoms with Crippen LogP contribution in [0.25, 0.3) is 10.9 Å². The van der Waals surface area contributed by atoms with Crippen molar-refractivity contribution in [1.82, 2.24) is 9.88 Å². The van der Waals surface area contributed by atoms with Crippen molar-refractivity contribution in [2.75, 3.05) is 25.0 Å². The van der Waals surface area contributed by atoms with Crippen LogP contribution in [0.4, 0.5) is 5.69 Å². The van der Waals surface area contributed by atoms with E-state index in [4.69, 9.17) is 0 Å². The number of hydrogen-bond acceptors (Lipinski definition) is 3. The van der Waals surface area contributed by atoms with E-state index in [-0.39, 0.29) is 5.91 Å². The highest BCUT2D eigenvalue weighted by atomic mass is 16.1. The van der Waals surface area contributed by atoms with Gasteiger partial charge in [0.2, 0.25) is 5.91 Å². The molecule has 0 atom stereocenters. The van der Waals surface area contributed by atoms with Gasteiger partial charge in [0.05, 0.1) is 11.2 Å². The smallest absolute Gasteiger partial charge is 0.225 e. The van der Waals surface area contributed by atoms with Gasteiger partial charge in [0, 0.05) is 24.5 Å². The molecule has 0 fully saturated rings. The number of aromatic nitrogens is 1. The molecule has 20 heavy (non-hydrogen) atoms. The first-order valence-corrected chi connectivity index (χ1v) is 7.10. The van der Waals surface area contributed by atoms with E-state index in [1.807, 2.05) is 30.3 Å². The van der Waals surface area contributed by atoms with Crippen molar-refractivity contribution in [3.05, 3.63) is 36.5 Å². The number of carbonyl (C=O) groups is 1. The van der Waals surface area contributed by atoms with Crippen LogP contribution in [0.15, 0.2) is 36.5 Å². The highest BCUT2D eigenvalue weighted by molar-refractivity contribution is 6.00. The van der Waals surface area contributed by atoms with Crippen molar-refractivity contribution in [2.45, 2.75) is 20.3 Å². The third-order valence-electron chi connectivity index (χ3n) is 3.46. The fourth-order valence-electron chi connectivity index (χ4n) is 2.22. The van der Waals surface area contributed by atoms with Gasteiger partial charge < -0.3 is 10.2 Å². The molecule has 0 aliphatic heterocycles. The quantitative estimate of drug-likeness (QED) is 0.878. The Morgan fingerprint density at radius 1 is 1.20 bits per heavy atom. The number of anilines is 1. The number of para-hydroxylation sites is 1. The van der Waals surface area contributed by atoms with E-state index in [9.17, 15) is 4.79 Å². The van der Waals surface area contributed by atoms with E-state index in [1.165, 1.54) is 0 Å². The van der Waals surface area contributed by atoms with Crippen LogP contribution in [0.3, 0.4) is 0 Å². The van der Waals surface area contributed by atoms with Crippen LogP contribution < -0.4 is 5.32 Å². The number of benzene rings is 1. The molecule has 0 saturated heterocycles. The lowest BCUT2D eigenvalue weighted by molar-refractivity contribution is -0.116. The Morgan fingerprint density at radius 2 is 1.95 bits per heavy atom. The molecule has 1 N–H and O–H groups in total. The second kappa shape index (κ2) is 7.01. The third kappa shape index (κ3) is 3.54. The van der Waals surface area contributed by atoms with Crippen molar-refractivity contribution in [1.29, 1.82) is 0 Å². The van der Waals surface area contributed by atoms with Gasteiger partial charge in [-0.25, -0.2) is 0 Å². The van der Waals surface area contributed by atoms with Crippen molar-refractivity contribution in [3.63, 3.8) is 0 Å². The Hall–Kier alpha value is -1.94. The second-order valence-electron chi connectivity index (χ2n) is 4.71. The molecule has 2 aromatic rings. The molecule has 0 spiro atoms. The summed E-state index contributed by atoms with van der Waals surface area (Å²) in [6, 6.07) is 9.71. The number of nitrogens with zero attached hydrogens (tertiary/aromatic N) is 2. The van der Waals surface area contributed by atoms with Crippen molar-refractivity contribution in [3.8, 4) is 0 Å². The van der Waals surface area contributed by atoms with Crippen LogP contribution in [0.2, 0.25) is 0 Å². The minimum atomic E-state index is 0.0371. The molecule has 1 aromatic carbocycles. The van der Waals surface area contributed by atoms with Gasteiger partial charge in [-0.2, -0.15) is 0 Å². The van der Waals surface area contributed by atoms with Crippen LogP contribution in [-0.4, -0.2) is 35.4 Å². The molecule has 1 amide bonds. The Balaban J connectivity index is 2.03. The van der Waals surface area contributed by atoms with Gasteiger partial charge in [0.15, 0.2) is 0 Å². The summed E-state index contributed by atoms with van der Waals surface area (Å²) in [7, 11) is 0. The molecule has 0 aliphatic rings. The number of nitrogens with one attached hydrogen (secondary N) is 1. The minimum absolute atomic E-state index is 0.0371. The summed E-state index contributed by atoms with van der Waals surface area (Å²) in [5.41, 5.74) is 1.62. The molecule has 2 rings (SSSR count). The maximum absolute atomic E-state index is 12.0. The average molecular weight is 271 g/mol. The van der Waals surface area contributed by atoms with Crippen molar-refractivity contribution in [2.24, 2.45) is 0 Å². The maximum Gasteiger partial charge on any atom is 0.225 e. The highest BCUT2D eigenvalue weighted by Gasteiger charge is 2.08. The molecule has 1 aromatic heterocycles. The lowest BCUT2D eigenvalue weighted by atomic mass is 10.2. The summed E-state index contributed by atoms with van der Waals surface area (Å²) in [6.45, 7) is 6.95. The fourth-order valence-corrected chi connectivity index (χ4v) is 2.22. The normalized spacial score (nSPS) is 10.9. The van der Waals surface area contributed by atoms with Gasteiger partial charge >= 0.3 is 0 Å². The lowest BCUT2D eigenvalue weighted by Gasteiger charge is -2.17. The van der Waals surface area contributed by atoms with E-state index >= 15 is 0 Å². The number of carbonyl (C=O) groups excluding carboxylic acids is 1. The van der Waals surface area contributed by atoms with Crippen LogP contribution >= 0.6 is 0 Å². The van der Waals surface area contributed by atoms with Gasteiger partial charge in [-0.05, 0) is 25.2 Å².